The highest BCUT2D eigenvalue weighted by atomic mass is 32.2. The molecular weight excluding hydrogens is 348 g/mol. The van der Waals surface area contributed by atoms with E-state index in [9.17, 15) is 13.2 Å². The van der Waals surface area contributed by atoms with E-state index in [-0.39, 0.29) is 36.0 Å². The lowest BCUT2D eigenvalue weighted by molar-refractivity contribution is -0.134. The van der Waals surface area contributed by atoms with Gasteiger partial charge in [0.2, 0.25) is 5.91 Å². The number of hydrogen-bond acceptors (Lipinski definition) is 4. The lowest BCUT2D eigenvalue weighted by Crippen LogP contribution is -2.50. The Morgan fingerprint density at radius 1 is 1.19 bits per heavy atom. The molecule has 1 aromatic rings. The van der Waals surface area contributed by atoms with Gasteiger partial charge in [0.05, 0.1) is 18.1 Å². The van der Waals surface area contributed by atoms with E-state index in [2.05, 4.69) is 11.2 Å². The third-order valence-corrected chi connectivity index (χ3v) is 7.08. The van der Waals surface area contributed by atoms with Crippen LogP contribution in [-0.4, -0.2) is 49.4 Å². The fourth-order valence-corrected chi connectivity index (χ4v) is 5.76. The summed E-state index contributed by atoms with van der Waals surface area (Å²) in [6.45, 7) is 0.154. The van der Waals surface area contributed by atoms with Gasteiger partial charge in [-0.15, -0.1) is 6.42 Å². The van der Waals surface area contributed by atoms with Crippen molar-refractivity contribution in [3.8, 4) is 12.3 Å². The molecule has 1 aliphatic heterocycles. The number of carbonyl (C=O) groups excluding carboxylic acids is 1. The van der Waals surface area contributed by atoms with Crippen molar-refractivity contribution in [3.05, 3.63) is 29.8 Å². The fourth-order valence-electron chi connectivity index (χ4n) is 4.05. The summed E-state index contributed by atoms with van der Waals surface area (Å²) in [5.74, 6) is 2.84. The Morgan fingerprint density at radius 3 is 2.62 bits per heavy atom. The molecule has 1 aromatic carbocycles. The first-order valence-corrected chi connectivity index (χ1v) is 11.1. The molecule has 1 aliphatic carbocycles. The molecule has 26 heavy (non-hydrogen) atoms. The summed E-state index contributed by atoms with van der Waals surface area (Å²) in [5, 5.41) is 3.15. The standard InChI is InChI=1S/C20H26N2O3S/c1-2-16-7-6-8-17(13-16)21-14-20(23)22(18-9-4-3-5-10-18)19-11-12-26(24,25)15-19/h1,6-8,13,18-19,21H,3-5,9-12,14-15H2. The number of nitrogens with one attached hydrogen (secondary N) is 1. The van der Waals surface area contributed by atoms with Crippen molar-refractivity contribution in [2.45, 2.75) is 50.6 Å². The van der Waals surface area contributed by atoms with Gasteiger partial charge in [0, 0.05) is 23.3 Å². The van der Waals surface area contributed by atoms with Gasteiger partial charge in [-0.25, -0.2) is 8.42 Å². The number of amides is 1. The van der Waals surface area contributed by atoms with E-state index in [1.54, 1.807) is 0 Å². The minimum Gasteiger partial charge on any atom is -0.376 e. The van der Waals surface area contributed by atoms with Gasteiger partial charge in [-0.05, 0) is 37.5 Å². The number of anilines is 1. The summed E-state index contributed by atoms with van der Waals surface area (Å²) >= 11 is 0. The summed E-state index contributed by atoms with van der Waals surface area (Å²) < 4.78 is 23.9. The number of hydrogen-bond donors (Lipinski definition) is 1. The molecule has 1 heterocycles. The average molecular weight is 375 g/mol. The first-order chi connectivity index (χ1) is 12.5. The van der Waals surface area contributed by atoms with Crippen LogP contribution in [0.2, 0.25) is 0 Å². The number of sulfone groups is 1. The molecule has 0 spiro atoms. The second kappa shape index (κ2) is 8.13. The molecule has 0 bridgehead atoms. The van der Waals surface area contributed by atoms with Crippen molar-refractivity contribution in [1.29, 1.82) is 0 Å². The van der Waals surface area contributed by atoms with Crippen molar-refractivity contribution < 1.29 is 13.2 Å². The zero-order chi connectivity index (χ0) is 18.6. The molecule has 0 radical (unpaired) electrons. The van der Waals surface area contributed by atoms with E-state index in [4.69, 9.17) is 6.42 Å². The van der Waals surface area contributed by atoms with Crippen LogP contribution in [0.25, 0.3) is 0 Å². The van der Waals surface area contributed by atoms with E-state index < -0.39 is 9.84 Å². The van der Waals surface area contributed by atoms with Crippen molar-refractivity contribution >= 4 is 21.4 Å². The number of rotatable bonds is 5. The summed E-state index contributed by atoms with van der Waals surface area (Å²) in [6, 6.07) is 7.37. The minimum absolute atomic E-state index is 0.0230. The van der Waals surface area contributed by atoms with Gasteiger partial charge in [0.1, 0.15) is 0 Å². The molecule has 140 valence electrons. The molecule has 3 rings (SSSR count). The van der Waals surface area contributed by atoms with Gasteiger partial charge >= 0.3 is 0 Å². The quantitative estimate of drug-likeness (QED) is 0.804. The Morgan fingerprint density at radius 2 is 1.96 bits per heavy atom. The normalized spacial score (nSPS) is 22.5. The van der Waals surface area contributed by atoms with E-state index in [1.165, 1.54) is 6.42 Å². The zero-order valence-corrected chi connectivity index (χ0v) is 15.8. The fraction of sp³-hybridized carbons (Fsp3) is 0.550. The van der Waals surface area contributed by atoms with Crippen molar-refractivity contribution in [3.63, 3.8) is 0 Å². The smallest absolute Gasteiger partial charge is 0.242 e. The van der Waals surface area contributed by atoms with Crippen LogP contribution in [-0.2, 0) is 14.6 Å². The lowest BCUT2D eigenvalue weighted by atomic mass is 9.93. The van der Waals surface area contributed by atoms with Crippen LogP contribution < -0.4 is 5.32 Å². The molecule has 1 atom stereocenters. The first kappa shape index (κ1) is 18.8. The van der Waals surface area contributed by atoms with Crippen LogP contribution >= 0.6 is 0 Å². The predicted molar refractivity (Wildman–Crippen MR) is 104 cm³/mol. The van der Waals surface area contributed by atoms with Gasteiger partial charge in [-0.3, -0.25) is 4.79 Å². The third kappa shape index (κ3) is 4.59. The molecule has 2 aliphatic rings. The maximum Gasteiger partial charge on any atom is 0.242 e. The van der Waals surface area contributed by atoms with Crippen molar-refractivity contribution in [1.82, 2.24) is 4.90 Å². The van der Waals surface area contributed by atoms with Gasteiger partial charge in [-0.1, -0.05) is 31.2 Å². The van der Waals surface area contributed by atoms with E-state index in [0.29, 0.717) is 6.42 Å². The van der Waals surface area contributed by atoms with Crippen LogP contribution in [0.5, 0.6) is 0 Å². The maximum atomic E-state index is 13.0. The Kier molecular flexibility index (Phi) is 5.87. The highest BCUT2D eigenvalue weighted by Gasteiger charge is 2.38. The van der Waals surface area contributed by atoms with Gasteiger partial charge < -0.3 is 10.2 Å². The topological polar surface area (TPSA) is 66.5 Å². The third-order valence-electron chi connectivity index (χ3n) is 5.33. The first-order valence-electron chi connectivity index (χ1n) is 9.30. The Balaban J connectivity index is 1.71. The van der Waals surface area contributed by atoms with Crippen molar-refractivity contribution in [2.75, 3.05) is 23.4 Å². The van der Waals surface area contributed by atoms with E-state index in [0.717, 1.165) is 36.9 Å². The Bertz CT molecular complexity index is 792. The predicted octanol–water partition coefficient (Wildman–Crippen LogP) is 2.43. The highest BCUT2D eigenvalue weighted by molar-refractivity contribution is 7.91. The molecule has 1 N–H and O–H groups in total. The monoisotopic (exact) mass is 374 g/mol. The molecule has 1 saturated carbocycles. The highest BCUT2D eigenvalue weighted by Crippen LogP contribution is 2.28. The van der Waals surface area contributed by atoms with E-state index >= 15 is 0 Å². The maximum absolute atomic E-state index is 13.0. The Labute approximate surface area is 156 Å². The lowest BCUT2D eigenvalue weighted by Gasteiger charge is -2.38. The molecule has 1 amide bonds. The summed E-state index contributed by atoms with van der Waals surface area (Å²) in [4.78, 5) is 14.9. The molecule has 5 nitrogen and oxygen atoms in total. The van der Waals surface area contributed by atoms with Gasteiger partial charge in [0.25, 0.3) is 0 Å². The summed E-state index contributed by atoms with van der Waals surface area (Å²) in [7, 11) is -3.03. The second-order valence-electron chi connectivity index (χ2n) is 7.23. The number of nitrogens with zero attached hydrogens (tertiary/aromatic N) is 1. The number of carbonyl (C=O) groups is 1. The SMILES string of the molecule is C#Cc1cccc(NCC(=O)N(C2CCCCC2)C2CCS(=O)(=O)C2)c1. The zero-order valence-electron chi connectivity index (χ0n) is 15.0. The summed E-state index contributed by atoms with van der Waals surface area (Å²) in [5.41, 5.74) is 1.56. The molecule has 1 unspecified atom stereocenters. The van der Waals surface area contributed by atoms with Crippen LogP contribution in [0.3, 0.4) is 0 Å². The van der Waals surface area contributed by atoms with Crippen LogP contribution in [0.15, 0.2) is 24.3 Å². The minimum atomic E-state index is -3.03. The number of terminal acetylenes is 1. The van der Waals surface area contributed by atoms with Crippen LogP contribution in [0.1, 0.15) is 44.1 Å². The van der Waals surface area contributed by atoms with Crippen LogP contribution in [0.4, 0.5) is 5.69 Å². The summed E-state index contributed by atoms with van der Waals surface area (Å²) in [6.07, 6.45) is 11.3. The molecule has 6 heteroatoms. The molecular formula is C20H26N2O3S. The molecule has 2 fully saturated rings. The van der Waals surface area contributed by atoms with E-state index in [1.807, 2.05) is 29.2 Å². The Hall–Kier alpha value is -2.00. The van der Waals surface area contributed by atoms with Gasteiger partial charge in [0.15, 0.2) is 9.84 Å². The second-order valence-corrected chi connectivity index (χ2v) is 9.46. The molecule has 0 aromatic heterocycles. The van der Waals surface area contributed by atoms with Crippen molar-refractivity contribution in [2.24, 2.45) is 0 Å². The molecule has 1 saturated heterocycles. The number of benzene rings is 1. The van der Waals surface area contributed by atoms with Gasteiger partial charge in [-0.2, -0.15) is 0 Å². The van der Waals surface area contributed by atoms with Crippen LogP contribution in [0, 0.1) is 12.3 Å². The average Bonchev–Trinajstić information content (AvgIpc) is 3.00. The largest absolute Gasteiger partial charge is 0.376 e.